The van der Waals surface area contributed by atoms with Crippen LogP contribution in [0.3, 0.4) is 0 Å². The first kappa shape index (κ1) is 39.5. The molecule has 0 saturated heterocycles. The van der Waals surface area contributed by atoms with Gasteiger partial charge < -0.3 is 5.41 Å². The number of nitrogens with one attached hydrogen (secondary N) is 1. The van der Waals surface area contributed by atoms with E-state index in [9.17, 15) is 0 Å². The average molecular weight is 480 g/mol. The third kappa shape index (κ3) is 24.3. The first-order valence-corrected chi connectivity index (χ1v) is 12.4. The molecule has 0 unspecified atom stereocenters. The maximum atomic E-state index is 5.50. The van der Waals surface area contributed by atoms with Crippen molar-refractivity contribution in [2.24, 2.45) is 0 Å². The van der Waals surface area contributed by atoms with Crippen molar-refractivity contribution in [2.75, 3.05) is 0 Å². The lowest BCUT2D eigenvalue weighted by Crippen LogP contribution is -1.85. The Balaban J connectivity index is -0.000000202. The first-order valence-electron chi connectivity index (χ1n) is 12.4. The van der Waals surface area contributed by atoms with Crippen molar-refractivity contribution in [2.45, 2.75) is 102 Å². The number of benzene rings is 1. The van der Waals surface area contributed by atoms with E-state index in [0.29, 0.717) is 0 Å². The van der Waals surface area contributed by atoms with Gasteiger partial charge in [-0.05, 0) is 96.7 Å². The molecule has 1 heteroatoms. The van der Waals surface area contributed by atoms with Crippen LogP contribution in [0.4, 0.5) is 0 Å². The van der Waals surface area contributed by atoms with Crippen molar-refractivity contribution < 1.29 is 0 Å². The van der Waals surface area contributed by atoms with Crippen molar-refractivity contribution in [3.63, 3.8) is 0 Å². The predicted octanol–water partition coefficient (Wildman–Crippen LogP) is 11.6. The second-order valence-corrected chi connectivity index (χ2v) is 8.57. The number of allylic oxidation sites excluding steroid dienone is 10. The van der Waals surface area contributed by atoms with Crippen LogP contribution in [0.5, 0.6) is 0 Å². The fourth-order valence-corrected chi connectivity index (χ4v) is 2.79. The van der Waals surface area contributed by atoms with E-state index in [0.717, 1.165) is 24.0 Å². The van der Waals surface area contributed by atoms with Gasteiger partial charge in [-0.1, -0.05) is 119 Å². The van der Waals surface area contributed by atoms with Gasteiger partial charge in [0.05, 0.1) is 0 Å². The molecule has 35 heavy (non-hydrogen) atoms. The van der Waals surface area contributed by atoms with Crippen molar-refractivity contribution in [3.05, 3.63) is 106 Å². The largest absolute Gasteiger partial charge is 0.317 e. The lowest BCUT2D eigenvalue weighted by atomic mass is 10.0. The van der Waals surface area contributed by atoms with Gasteiger partial charge >= 0.3 is 0 Å². The summed E-state index contributed by atoms with van der Waals surface area (Å²) in [6.07, 6.45) is 13.4. The third-order valence-corrected chi connectivity index (χ3v) is 5.02. The van der Waals surface area contributed by atoms with Crippen molar-refractivity contribution >= 4 is 6.72 Å². The van der Waals surface area contributed by atoms with E-state index in [2.05, 4.69) is 124 Å². The molecule has 0 amide bonds. The topological polar surface area (TPSA) is 23.9 Å². The van der Waals surface area contributed by atoms with E-state index >= 15 is 0 Å². The number of hydrogen-bond donors (Lipinski definition) is 1. The Hall–Kier alpha value is -2.67. The van der Waals surface area contributed by atoms with Crippen LogP contribution in [-0.2, 0) is 6.42 Å². The van der Waals surface area contributed by atoms with Crippen LogP contribution >= 0.6 is 0 Å². The molecule has 1 nitrogen and oxygen atoms in total. The standard InChI is InChI=1S/C14H22.C9H12.C9H16.CH3N.CH4/c1-7-9-14(12(5)8-2)10-13(6)11(3)4;1-3-9-6-4-8(2)5-7-9;1-5-6-9(4)7-8(2)3;1-2;/h8-10H,3,7H2,1-2,4-6H3;4-7H,3H2,1-2H3;7H,2,5-6H2,1,3-4H3;2H,1H2;1H4/b12-8-,13-10+,14-9-;;9-7-;;. The normalized spacial score (nSPS) is 11.4. The van der Waals surface area contributed by atoms with Gasteiger partial charge in [0.15, 0.2) is 0 Å². The van der Waals surface area contributed by atoms with E-state index in [4.69, 9.17) is 5.41 Å². The highest BCUT2D eigenvalue weighted by Gasteiger charge is 1.96. The van der Waals surface area contributed by atoms with E-state index < -0.39 is 0 Å². The zero-order valence-corrected chi connectivity index (χ0v) is 24.1. The third-order valence-electron chi connectivity index (χ3n) is 5.02. The SMILES string of the molecule is C.C=C(C)/C(C)=C/C(=C/CC)C(/C)=C\C.C=C(C)/C=C(/C)CCC.C=N.CCc1ccc(C)cc1. The van der Waals surface area contributed by atoms with E-state index in [-0.39, 0.29) is 7.43 Å². The Kier molecular flexibility index (Phi) is 29.3. The molecule has 1 rings (SSSR count). The zero-order chi connectivity index (χ0) is 27.1. The highest BCUT2D eigenvalue weighted by molar-refractivity contribution is 5.43. The number of aryl methyl sites for hydroxylation is 2. The molecule has 1 N–H and O–H groups in total. The Morgan fingerprint density at radius 2 is 1.37 bits per heavy atom. The van der Waals surface area contributed by atoms with Crippen LogP contribution < -0.4 is 0 Å². The average Bonchev–Trinajstić information content (AvgIpc) is 2.80. The van der Waals surface area contributed by atoms with Gasteiger partial charge in [-0.2, -0.15) is 0 Å². The van der Waals surface area contributed by atoms with Crippen LogP contribution in [0.1, 0.15) is 100 Å². The summed E-state index contributed by atoms with van der Waals surface area (Å²) in [7, 11) is 0. The van der Waals surface area contributed by atoms with Crippen LogP contribution in [0.2, 0.25) is 0 Å². The summed E-state index contributed by atoms with van der Waals surface area (Å²) in [6.45, 7) is 31.4. The molecular weight excluding hydrogens is 422 g/mol. The van der Waals surface area contributed by atoms with Gasteiger partial charge in [0.2, 0.25) is 0 Å². The smallest absolute Gasteiger partial charge is 0.0187 e. The molecular formula is C34H57N. The fourth-order valence-electron chi connectivity index (χ4n) is 2.79. The minimum atomic E-state index is 0. The van der Waals surface area contributed by atoms with Crippen molar-refractivity contribution in [1.29, 1.82) is 5.41 Å². The van der Waals surface area contributed by atoms with Gasteiger partial charge in [-0.25, -0.2) is 0 Å². The molecule has 0 aliphatic carbocycles. The Morgan fingerprint density at radius 1 is 0.857 bits per heavy atom. The molecule has 1 aromatic carbocycles. The second kappa shape index (κ2) is 25.9. The van der Waals surface area contributed by atoms with Gasteiger partial charge in [0, 0.05) is 0 Å². The minimum absolute atomic E-state index is 0. The molecule has 0 radical (unpaired) electrons. The van der Waals surface area contributed by atoms with Gasteiger partial charge in [0.1, 0.15) is 0 Å². The summed E-state index contributed by atoms with van der Waals surface area (Å²) in [4.78, 5) is 0. The van der Waals surface area contributed by atoms with Crippen LogP contribution in [-0.4, -0.2) is 6.72 Å². The molecule has 0 heterocycles. The summed E-state index contributed by atoms with van der Waals surface area (Å²) in [5.41, 5.74) is 10.4. The Bertz CT molecular complexity index is 811. The molecule has 1 aromatic rings. The van der Waals surface area contributed by atoms with Crippen LogP contribution in [0, 0.1) is 12.3 Å². The van der Waals surface area contributed by atoms with Gasteiger partial charge in [-0.15, -0.1) is 0 Å². The molecule has 0 aliphatic rings. The molecule has 0 spiro atoms. The molecule has 198 valence electrons. The molecule has 0 fully saturated rings. The van der Waals surface area contributed by atoms with E-state index in [1.807, 2.05) is 13.8 Å². The van der Waals surface area contributed by atoms with E-state index in [1.54, 1.807) is 0 Å². The first-order chi connectivity index (χ1) is 16.0. The quantitative estimate of drug-likeness (QED) is 0.283. The lowest BCUT2D eigenvalue weighted by molar-refractivity contribution is 0.904. The summed E-state index contributed by atoms with van der Waals surface area (Å²) < 4.78 is 0. The van der Waals surface area contributed by atoms with Gasteiger partial charge in [0.25, 0.3) is 0 Å². The fraction of sp³-hybridized carbons (Fsp3) is 0.441. The summed E-state index contributed by atoms with van der Waals surface area (Å²) in [5, 5.41) is 5.50. The molecule has 0 saturated carbocycles. The second-order valence-electron chi connectivity index (χ2n) is 8.57. The van der Waals surface area contributed by atoms with Crippen LogP contribution in [0.15, 0.2) is 95.2 Å². The highest BCUT2D eigenvalue weighted by atomic mass is 14.2. The van der Waals surface area contributed by atoms with Crippen molar-refractivity contribution in [1.82, 2.24) is 0 Å². The van der Waals surface area contributed by atoms with Crippen LogP contribution in [0.25, 0.3) is 0 Å². The summed E-state index contributed by atoms with van der Waals surface area (Å²) in [5.74, 6) is 0. The Labute approximate surface area is 220 Å². The zero-order valence-electron chi connectivity index (χ0n) is 24.1. The molecule has 0 atom stereocenters. The summed E-state index contributed by atoms with van der Waals surface area (Å²) >= 11 is 0. The van der Waals surface area contributed by atoms with Crippen molar-refractivity contribution in [3.8, 4) is 0 Å². The maximum Gasteiger partial charge on any atom is -0.0187 e. The minimum Gasteiger partial charge on any atom is -0.317 e. The summed E-state index contributed by atoms with van der Waals surface area (Å²) in [6, 6.07) is 8.66. The highest BCUT2D eigenvalue weighted by Crippen LogP contribution is 2.17. The number of hydrogen-bond acceptors (Lipinski definition) is 1. The van der Waals surface area contributed by atoms with E-state index in [1.165, 1.54) is 46.3 Å². The molecule has 0 aliphatic heterocycles. The van der Waals surface area contributed by atoms with Gasteiger partial charge in [-0.3, -0.25) is 0 Å². The maximum absolute atomic E-state index is 5.50. The lowest BCUT2D eigenvalue weighted by Gasteiger charge is -2.05. The monoisotopic (exact) mass is 479 g/mol. The number of rotatable bonds is 8. The molecule has 0 bridgehead atoms. The molecule has 0 aromatic heterocycles. The Morgan fingerprint density at radius 3 is 1.71 bits per heavy atom. The predicted molar refractivity (Wildman–Crippen MR) is 167 cm³/mol.